The molecule has 0 saturated heterocycles. The van der Waals surface area contributed by atoms with E-state index in [4.69, 9.17) is 4.74 Å². The number of carbonyl (C=O) groups is 1. The lowest BCUT2D eigenvalue weighted by atomic mass is 10.2. The molecule has 0 spiro atoms. The van der Waals surface area contributed by atoms with Crippen molar-refractivity contribution in [3.63, 3.8) is 0 Å². The van der Waals surface area contributed by atoms with Gasteiger partial charge in [0.1, 0.15) is 12.3 Å². The summed E-state index contributed by atoms with van der Waals surface area (Å²) >= 11 is 0. The van der Waals surface area contributed by atoms with Crippen LogP contribution in [0.2, 0.25) is 0 Å². The number of nitrogens with zero attached hydrogens (tertiary/aromatic N) is 6. The molecule has 0 aliphatic heterocycles. The van der Waals surface area contributed by atoms with Crippen LogP contribution in [0, 0.1) is 0 Å². The quantitative estimate of drug-likeness (QED) is 0.285. The molecule has 0 aliphatic carbocycles. The van der Waals surface area contributed by atoms with Gasteiger partial charge in [0.25, 0.3) is 11.1 Å². The maximum absolute atomic E-state index is 13.8. The maximum atomic E-state index is 13.8. The van der Waals surface area contributed by atoms with Crippen molar-refractivity contribution >= 4 is 49.8 Å². The lowest BCUT2D eigenvalue weighted by molar-refractivity contribution is -0.142. The molecule has 210 valence electrons. The second-order valence-electron chi connectivity index (χ2n) is 10.2. The Morgan fingerprint density at radius 1 is 0.925 bits per heavy atom. The average molecular weight is 549 g/mol. The van der Waals surface area contributed by atoms with E-state index in [2.05, 4.69) is 4.98 Å². The monoisotopic (exact) mass is 548 g/mol. The molecular formula is C28H32N6O6. The highest BCUT2D eigenvalue weighted by Gasteiger charge is 2.25. The van der Waals surface area contributed by atoms with Crippen molar-refractivity contribution in [3.8, 4) is 0 Å². The van der Waals surface area contributed by atoms with Crippen molar-refractivity contribution < 1.29 is 9.53 Å². The van der Waals surface area contributed by atoms with Crippen molar-refractivity contribution in [2.45, 2.75) is 52.6 Å². The number of carbonyl (C=O) groups excluding carboxylic acids is 1. The molecule has 0 bridgehead atoms. The fourth-order valence-electron chi connectivity index (χ4n) is 5.63. The van der Waals surface area contributed by atoms with E-state index >= 15 is 0 Å². The Hall–Kier alpha value is -4.48. The minimum absolute atomic E-state index is 0.00700. The number of ether oxygens (including phenoxy) is 1. The summed E-state index contributed by atoms with van der Waals surface area (Å²) in [6, 6.07) is 4.95. The number of hydrogen-bond donors (Lipinski definition) is 0. The first kappa shape index (κ1) is 27.1. The van der Waals surface area contributed by atoms with Crippen molar-refractivity contribution in [2.75, 3.05) is 6.61 Å². The predicted molar refractivity (Wildman–Crippen MR) is 153 cm³/mol. The number of unbranched alkanes of at least 4 members (excludes halogenated alkanes) is 1. The van der Waals surface area contributed by atoms with E-state index < -0.39 is 34.5 Å². The molecule has 4 aromatic heterocycles. The van der Waals surface area contributed by atoms with Crippen molar-refractivity contribution in [1.82, 2.24) is 27.8 Å². The zero-order valence-electron chi connectivity index (χ0n) is 23.5. The molecule has 0 unspecified atom stereocenters. The Labute approximate surface area is 227 Å². The van der Waals surface area contributed by atoms with Crippen LogP contribution in [0.4, 0.5) is 0 Å². The standard InChI is InChI=1S/C28H32N6O6/c1-7-9-12-33-26(37)21-17-10-11-19-18(22-24(30(19)4)31(5)28(39)32(6)25(22)36)13-20(17)34(23(21)29-27(33)38)16(8-2)14-40-15(3)35/h10-11,13,16H,7-9,12,14H2,1-6H3/t16-/m1/s1. The third-order valence-electron chi connectivity index (χ3n) is 7.75. The van der Waals surface area contributed by atoms with E-state index in [1.165, 1.54) is 18.5 Å². The molecule has 5 aromatic rings. The van der Waals surface area contributed by atoms with E-state index in [1.54, 1.807) is 41.4 Å². The molecule has 12 nitrogen and oxygen atoms in total. The van der Waals surface area contributed by atoms with Gasteiger partial charge < -0.3 is 13.9 Å². The van der Waals surface area contributed by atoms with E-state index in [0.717, 1.165) is 15.6 Å². The zero-order valence-corrected chi connectivity index (χ0v) is 23.5. The van der Waals surface area contributed by atoms with Crippen LogP contribution in [0.25, 0.3) is 43.9 Å². The summed E-state index contributed by atoms with van der Waals surface area (Å²) in [6.07, 6.45) is 1.96. The SMILES string of the molecule is CCCCn1c(=O)nc2c(c1=O)c1ccc3c(cc1n2[C@H](CC)COC(C)=O)c1c(=O)n(C)c(=O)n(C)c1n3C. The van der Waals surface area contributed by atoms with E-state index in [0.29, 0.717) is 45.7 Å². The number of fused-ring (bicyclic) bond motifs is 6. The van der Waals surface area contributed by atoms with Crippen LogP contribution in [-0.4, -0.2) is 40.4 Å². The summed E-state index contributed by atoms with van der Waals surface area (Å²) in [6.45, 7) is 5.47. The molecule has 5 rings (SSSR count). The number of aromatic nitrogens is 6. The number of aryl methyl sites for hydroxylation is 2. The summed E-state index contributed by atoms with van der Waals surface area (Å²) in [5.74, 6) is -0.454. The highest BCUT2D eigenvalue weighted by molar-refractivity contribution is 6.13. The van der Waals surface area contributed by atoms with Gasteiger partial charge in [-0.15, -0.1) is 0 Å². The Morgan fingerprint density at radius 2 is 1.65 bits per heavy atom. The number of esters is 1. The topological polar surface area (TPSA) is 132 Å². The summed E-state index contributed by atoms with van der Waals surface area (Å²) < 4.78 is 12.6. The Kier molecular flexibility index (Phi) is 6.72. The maximum Gasteiger partial charge on any atom is 0.352 e. The molecule has 1 aromatic carbocycles. The van der Waals surface area contributed by atoms with Gasteiger partial charge in [0.15, 0.2) is 5.65 Å². The smallest absolute Gasteiger partial charge is 0.352 e. The van der Waals surface area contributed by atoms with Gasteiger partial charge in [0, 0.05) is 45.4 Å². The average Bonchev–Trinajstić information content (AvgIpc) is 3.27. The lowest BCUT2D eigenvalue weighted by Gasteiger charge is -2.18. The first-order valence-electron chi connectivity index (χ1n) is 13.3. The molecule has 1 atom stereocenters. The number of rotatable bonds is 7. The fraction of sp³-hybridized carbons (Fsp3) is 0.429. The first-order valence-corrected chi connectivity index (χ1v) is 13.3. The molecule has 0 aliphatic rings. The van der Waals surface area contributed by atoms with Crippen LogP contribution in [0.5, 0.6) is 0 Å². The molecule has 4 heterocycles. The van der Waals surface area contributed by atoms with E-state index in [9.17, 15) is 24.0 Å². The van der Waals surface area contributed by atoms with Gasteiger partial charge >= 0.3 is 17.3 Å². The van der Waals surface area contributed by atoms with E-state index in [-0.39, 0.29) is 24.2 Å². The number of hydrogen-bond acceptors (Lipinski definition) is 7. The normalized spacial score (nSPS) is 12.7. The molecule has 40 heavy (non-hydrogen) atoms. The third-order valence-corrected chi connectivity index (χ3v) is 7.75. The Bertz CT molecular complexity index is 2090. The summed E-state index contributed by atoms with van der Waals surface area (Å²) in [5, 5.41) is 1.77. The molecule has 12 heteroatoms. The lowest BCUT2D eigenvalue weighted by Crippen LogP contribution is -2.37. The Balaban J connectivity index is 2.03. The van der Waals surface area contributed by atoms with Crippen molar-refractivity contribution in [1.29, 1.82) is 0 Å². The highest BCUT2D eigenvalue weighted by Crippen LogP contribution is 2.33. The minimum atomic E-state index is -0.638. The van der Waals surface area contributed by atoms with Gasteiger partial charge in [-0.25, -0.2) is 9.59 Å². The second-order valence-corrected chi connectivity index (χ2v) is 10.2. The van der Waals surface area contributed by atoms with Crippen LogP contribution in [-0.2, 0) is 37.2 Å². The summed E-state index contributed by atoms with van der Waals surface area (Å²) in [5.41, 5.74) is -0.0649. The zero-order chi connectivity index (χ0) is 29.0. The summed E-state index contributed by atoms with van der Waals surface area (Å²) in [7, 11) is 4.82. The third kappa shape index (κ3) is 3.89. The summed E-state index contributed by atoms with van der Waals surface area (Å²) in [4.78, 5) is 69.0. The van der Waals surface area contributed by atoms with Gasteiger partial charge in [-0.2, -0.15) is 4.98 Å². The van der Waals surface area contributed by atoms with Gasteiger partial charge in [-0.05, 0) is 31.0 Å². The van der Waals surface area contributed by atoms with Gasteiger partial charge in [0.2, 0.25) is 0 Å². The van der Waals surface area contributed by atoms with Crippen LogP contribution < -0.4 is 22.5 Å². The molecular weight excluding hydrogens is 516 g/mol. The van der Waals surface area contributed by atoms with Crippen LogP contribution in [0.3, 0.4) is 0 Å². The molecule has 0 N–H and O–H groups in total. The highest BCUT2D eigenvalue weighted by atomic mass is 16.5. The van der Waals surface area contributed by atoms with Crippen LogP contribution >= 0.6 is 0 Å². The predicted octanol–water partition coefficient (Wildman–Crippen LogP) is 2.07. The van der Waals surface area contributed by atoms with Gasteiger partial charge in [-0.1, -0.05) is 20.3 Å². The fourth-order valence-corrected chi connectivity index (χ4v) is 5.63. The van der Waals surface area contributed by atoms with E-state index in [1.807, 2.05) is 13.8 Å². The Morgan fingerprint density at radius 3 is 2.30 bits per heavy atom. The molecule has 0 radical (unpaired) electrons. The second kappa shape index (κ2) is 9.92. The largest absolute Gasteiger partial charge is 0.464 e. The van der Waals surface area contributed by atoms with Gasteiger partial charge in [0.05, 0.1) is 27.8 Å². The van der Waals surface area contributed by atoms with Crippen molar-refractivity contribution in [3.05, 3.63) is 59.9 Å². The van der Waals surface area contributed by atoms with Crippen molar-refractivity contribution in [2.24, 2.45) is 21.1 Å². The molecule has 0 saturated carbocycles. The first-order chi connectivity index (χ1) is 19.0. The van der Waals surface area contributed by atoms with Crippen LogP contribution in [0.15, 0.2) is 37.4 Å². The molecule has 0 amide bonds. The minimum Gasteiger partial charge on any atom is -0.464 e. The van der Waals surface area contributed by atoms with Gasteiger partial charge in [-0.3, -0.25) is 28.1 Å². The molecule has 0 fully saturated rings. The van der Waals surface area contributed by atoms with Crippen LogP contribution in [0.1, 0.15) is 46.1 Å².